The van der Waals surface area contributed by atoms with Crippen molar-refractivity contribution in [2.75, 3.05) is 5.32 Å². The molecule has 0 aliphatic heterocycles. The molecule has 0 saturated carbocycles. The van der Waals surface area contributed by atoms with E-state index in [-0.39, 0.29) is 0 Å². The van der Waals surface area contributed by atoms with Gasteiger partial charge in [-0.3, -0.25) is 0 Å². The van der Waals surface area contributed by atoms with E-state index >= 15 is 0 Å². The SMILES string of the molecule is c1cc(NCc2cc[nH]c2)cc(-n2cnnn2)c1. The minimum Gasteiger partial charge on any atom is -0.381 e. The Labute approximate surface area is 104 Å². The third-order valence-electron chi connectivity index (χ3n) is 2.62. The van der Waals surface area contributed by atoms with Crippen molar-refractivity contribution in [1.82, 2.24) is 25.2 Å². The molecule has 1 aromatic carbocycles. The van der Waals surface area contributed by atoms with Crippen molar-refractivity contribution < 1.29 is 0 Å². The van der Waals surface area contributed by atoms with Gasteiger partial charge in [-0.2, -0.15) is 0 Å². The van der Waals surface area contributed by atoms with E-state index in [0.717, 1.165) is 17.9 Å². The number of H-pyrrole nitrogens is 1. The highest BCUT2D eigenvalue weighted by atomic mass is 15.5. The van der Waals surface area contributed by atoms with Crippen LogP contribution >= 0.6 is 0 Å². The fraction of sp³-hybridized carbons (Fsp3) is 0.0833. The van der Waals surface area contributed by atoms with Crippen LogP contribution in [-0.2, 0) is 6.54 Å². The maximum Gasteiger partial charge on any atom is 0.143 e. The zero-order chi connectivity index (χ0) is 12.2. The molecular weight excluding hydrogens is 228 g/mol. The van der Waals surface area contributed by atoms with E-state index in [2.05, 4.69) is 25.8 Å². The van der Waals surface area contributed by atoms with Crippen molar-refractivity contribution in [2.24, 2.45) is 0 Å². The fourth-order valence-electron chi connectivity index (χ4n) is 1.71. The molecule has 0 bridgehead atoms. The molecule has 0 aliphatic rings. The number of aromatic amines is 1. The minimum atomic E-state index is 0.780. The largest absolute Gasteiger partial charge is 0.381 e. The van der Waals surface area contributed by atoms with E-state index in [0.29, 0.717) is 0 Å². The van der Waals surface area contributed by atoms with Crippen LogP contribution in [0, 0.1) is 0 Å². The maximum absolute atomic E-state index is 3.86. The first-order chi connectivity index (χ1) is 8.92. The lowest BCUT2D eigenvalue weighted by molar-refractivity contribution is 0.789. The van der Waals surface area contributed by atoms with E-state index < -0.39 is 0 Å². The molecule has 2 aromatic heterocycles. The second kappa shape index (κ2) is 4.70. The Morgan fingerprint density at radius 1 is 1.28 bits per heavy atom. The van der Waals surface area contributed by atoms with Gasteiger partial charge in [-0.1, -0.05) is 6.07 Å². The van der Waals surface area contributed by atoms with Gasteiger partial charge in [-0.25, -0.2) is 4.68 Å². The summed E-state index contributed by atoms with van der Waals surface area (Å²) in [6, 6.07) is 9.98. The first-order valence-electron chi connectivity index (χ1n) is 5.61. The third kappa shape index (κ3) is 2.22. The number of hydrogen-bond donors (Lipinski definition) is 2. The summed E-state index contributed by atoms with van der Waals surface area (Å²) in [6.45, 7) is 0.780. The van der Waals surface area contributed by atoms with E-state index in [9.17, 15) is 0 Å². The summed E-state index contributed by atoms with van der Waals surface area (Å²) in [6.07, 6.45) is 5.46. The van der Waals surface area contributed by atoms with Gasteiger partial charge in [0.2, 0.25) is 0 Å². The first-order valence-corrected chi connectivity index (χ1v) is 5.61. The molecule has 0 saturated heterocycles. The Bertz CT molecular complexity index is 599. The number of rotatable bonds is 4. The molecule has 0 radical (unpaired) electrons. The average Bonchev–Trinajstić information content (AvgIpc) is 3.10. The number of hydrogen-bond acceptors (Lipinski definition) is 4. The fourth-order valence-corrected chi connectivity index (χ4v) is 1.71. The van der Waals surface area contributed by atoms with Crippen molar-refractivity contribution in [3.05, 3.63) is 54.6 Å². The van der Waals surface area contributed by atoms with Crippen LogP contribution in [-0.4, -0.2) is 25.2 Å². The predicted molar refractivity (Wildman–Crippen MR) is 67.3 cm³/mol. The average molecular weight is 240 g/mol. The van der Waals surface area contributed by atoms with Gasteiger partial charge >= 0.3 is 0 Å². The first kappa shape index (κ1) is 10.5. The van der Waals surface area contributed by atoms with Crippen LogP contribution in [0.1, 0.15) is 5.56 Å². The summed E-state index contributed by atoms with van der Waals surface area (Å²) in [5.74, 6) is 0. The van der Waals surface area contributed by atoms with Gasteiger partial charge in [-0.15, -0.1) is 5.10 Å². The molecule has 0 amide bonds. The van der Waals surface area contributed by atoms with Gasteiger partial charge in [0.15, 0.2) is 0 Å². The number of tetrazole rings is 1. The lowest BCUT2D eigenvalue weighted by Gasteiger charge is -2.06. The molecule has 0 fully saturated rings. The van der Waals surface area contributed by atoms with Gasteiger partial charge in [-0.05, 0) is 40.3 Å². The summed E-state index contributed by atoms with van der Waals surface area (Å²) in [7, 11) is 0. The summed E-state index contributed by atoms with van der Waals surface area (Å²) in [4.78, 5) is 3.03. The molecule has 6 nitrogen and oxygen atoms in total. The normalized spacial score (nSPS) is 10.4. The van der Waals surface area contributed by atoms with E-state index in [1.54, 1.807) is 11.0 Å². The Hall–Kier alpha value is -2.63. The summed E-state index contributed by atoms with van der Waals surface area (Å²) < 4.78 is 1.63. The topological polar surface area (TPSA) is 71.4 Å². The Kier molecular flexibility index (Phi) is 2.75. The number of nitrogens with zero attached hydrogens (tertiary/aromatic N) is 4. The minimum absolute atomic E-state index is 0.780. The van der Waals surface area contributed by atoms with Crippen molar-refractivity contribution >= 4 is 5.69 Å². The predicted octanol–water partition coefficient (Wildman–Crippen LogP) is 1.60. The van der Waals surface area contributed by atoms with Gasteiger partial charge in [0.25, 0.3) is 0 Å². The number of nitrogens with one attached hydrogen (secondary N) is 2. The lowest BCUT2D eigenvalue weighted by Crippen LogP contribution is -2.00. The Morgan fingerprint density at radius 2 is 2.28 bits per heavy atom. The molecule has 3 rings (SSSR count). The summed E-state index contributed by atoms with van der Waals surface area (Å²) in [5.41, 5.74) is 3.17. The van der Waals surface area contributed by atoms with Gasteiger partial charge in [0.1, 0.15) is 6.33 Å². The van der Waals surface area contributed by atoms with Crippen LogP contribution in [0.4, 0.5) is 5.69 Å². The molecule has 3 aromatic rings. The number of benzene rings is 1. The van der Waals surface area contributed by atoms with Crippen molar-refractivity contribution in [3.63, 3.8) is 0 Å². The van der Waals surface area contributed by atoms with Crippen molar-refractivity contribution in [2.45, 2.75) is 6.54 Å². The maximum atomic E-state index is 3.86. The van der Waals surface area contributed by atoms with Gasteiger partial charge in [0, 0.05) is 24.6 Å². The second-order valence-corrected chi connectivity index (χ2v) is 3.88. The molecule has 0 unspecified atom stereocenters. The van der Waals surface area contributed by atoms with Gasteiger partial charge in [0.05, 0.1) is 5.69 Å². The number of aromatic nitrogens is 5. The van der Waals surface area contributed by atoms with Crippen LogP contribution in [0.3, 0.4) is 0 Å². The van der Waals surface area contributed by atoms with Crippen LogP contribution in [0.2, 0.25) is 0 Å². The van der Waals surface area contributed by atoms with E-state index in [4.69, 9.17) is 0 Å². The molecule has 0 aliphatic carbocycles. The smallest absolute Gasteiger partial charge is 0.143 e. The highest BCUT2D eigenvalue weighted by molar-refractivity contribution is 5.50. The highest BCUT2D eigenvalue weighted by Gasteiger charge is 1.99. The standard InChI is InChI=1S/C12H12N6/c1-2-11(14-8-10-4-5-13-7-10)6-12(3-1)18-9-15-16-17-18/h1-7,9,13-14H,8H2. The number of anilines is 1. The van der Waals surface area contributed by atoms with Gasteiger partial charge < -0.3 is 10.3 Å². The highest BCUT2D eigenvalue weighted by Crippen LogP contribution is 2.14. The zero-order valence-corrected chi connectivity index (χ0v) is 9.61. The molecule has 6 heteroatoms. The zero-order valence-electron chi connectivity index (χ0n) is 9.61. The molecule has 18 heavy (non-hydrogen) atoms. The quantitative estimate of drug-likeness (QED) is 0.726. The lowest BCUT2D eigenvalue weighted by atomic mass is 10.2. The van der Waals surface area contributed by atoms with Crippen LogP contribution in [0.5, 0.6) is 0 Å². The molecular formula is C12H12N6. The van der Waals surface area contributed by atoms with E-state index in [1.807, 2.05) is 42.7 Å². The Morgan fingerprint density at radius 3 is 3.06 bits per heavy atom. The van der Waals surface area contributed by atoms with Crippen LogP contribution in [0.25, 0.3) is 5.69 Å². The molecule has 2 N–H and O–H groups in total. The summed E-state index contributed by atoms with van der Waals surface area (Å²) >= 11 is 0. The Balaban J connectivity index is 1.75. The van der Waals surface area contributed by atoms with Crippen molar-refractivity contribution in [1.29, 1.82) is 0 Å². The summed E-state index contributed by atoms with van der Waals surface area (Å²) in [5, 5.41) is 14.5. The molecule has 0 spiro atoms. The third-order valence-corrected chi connectivity index (χ3v) is 2.62. The molecule has 90 valence electrons. The van der Waals surface area contributed by atoms with E-state index in [1.165, 1.54) is 5.56 Å². The van der Waals surface area contributed by atoms with Crippen LogP contribution < -0.4 is 5.32 Å². The van der Waals surface area contributed by atoms with Crippen molar-refractivity contribution in [3.8, 4) is 5.69 Å². The van der Waals surface area contributed by atoms with Crippen LogP contribution in [0.15, 0.2) is 49.1 Å². The second-order valence-electron chi connectivity index (χ2n) is 3.88. The molecule has 2 heterocycles. The monoisotopic (exact) mass is 240 g/mol. The molecule has 0 atom stereocenters.